The van der Waals surface area contributed by atoms with Gasteiger partial charge in [0.05, 0.1) is 19.2 Å². The van der Waals surface area contributed by atoms with Gasteiger partial charge < -0.3 is 29.9 Å². The van der Waals surface area contributed by atoms with Crippen LogP contribution >= 0.6 is 12.2 Å². The second-order valence-electron chi connectivity index (χ2n) is 7.19. The van der Waals surface area contributed by atoms with Crippen LogP contribution in [-0.4, -0.2) is 71.4 Å². The molecule has 0 radical (unpaired) electrons. The van der Waals surface area contributed by atoms with Crippen LogP contribution in [0.25, 0.3) is 10.9 Å². The van der Waals surface area contributed by atoms with Gasteiger partial charge in [0.25, 0.3) is 5.56 Å². The molecule has 1 aromatic carbocycles. The molecule has 166 valence electrons. The number of H-pyrrole nitrogens is 1. The third-order valence-corrected chi connectivity index (χ3v) is 5.59. The molecule has 0 aliphatic rings. The summed E-state index contributed by atoms with van der Waals surface area (Å²) in [6, 6.07) is 7.50. The van der Waals surface area contributed by atoms with E-state index in [4.69, 9.17) is 17.0 Å². The fourth-order valence-electron chi connectivity index (χ4n) is 3.34. The number of nitrogens with zero attached hydrogens (tertiary/aromatic N) is 2. The first-order chi connectivity index (χ1) is 14.5. The van der Waals surface area contributed by atoms with Gasteiger partial charge in [-0.3, -0.25) is 4.79 Å². The van der Waals surface area contributed by atoms with E-state index in [9.17, 15) is 9.90 Å². The molecule has 0 bridgehead atoms. The normalized spacial score (nSPS) is 11.1. The molecule has 0 unspecified atom stereocenters. The van der Waals surface area contributed by atoms with Crippen molar-refractivity contribution in [1.29, 1.82) is 0 Å². The maximum Gasteiger partial charge on any atom is 0.253 e. The zero-order valence-corrected chi connectivity index (χ0v) is 19.1. The van der Waals surface area contributed by atoms with Gasteiger partial charge in [0.2, 0.25) is 0 Å². The Morgan fingerprint density at radius 2 is 1.97 bits per heavy atom. The lowest BCUT2D eigenvalue weighted by molar-refractivity contribution is 0.263. The van der Waals surface area contributed by atoms with Crippen molar-refractivity contribution in [3.8, 4) is 5.75 Å². The van der Waals surface area contributed by atoms with Crippen LogP contribution in [0.1, 0.15) is 32.3 Å². The summed E-state index contributed by atoms with van der Waals surface area (Å²) in [5.41, 5.74) is 1.23. The Kier molecular flexibility index (Phi) is 10.1. The van der Waals surface area contributed by atoms with Gasteiger partial charge in [-0.2, -0.15) is 0 Å². The number of ether oxygens (including phenoxy) is 1. The number of hydrogen-bond acceptors (Lipinski definition) is 5. The number of aliphatic hydroxyl groups excluding tert-OH is 1. The summed E-state index contributed by atoms with van der Waals surface area (Å²) in [5, 5.41) is 14.1. The number of thiocarbonyl (C=S) groups is 1. The minimum atomic E-state index is -0.144. The molecule has 7 nitrogen and oxygen atoms in total. The number of benzene rings is 1. The zero-order chi connectivity index (χ0) is 21.9. The molecule has 0 amide bonds. The molecule has 1 aromatic heterocycles. The molecule has 2 rings (SSSR count). The molecule has 30 heavy (non-hydrogen) atoms. The minimum Gasteiger partial charge on any atom is -0.497 e. The van der Waals surface area contributed by atoms with Crippen LogP contribution < -0.4 is 15.6 Å². The first-order valence-corrected chi connectivity index (χ1v) is 11.0. The molecule has 0 spiro atoms. The number of rotatable bonds is 12. The predicted molar refractivity (Wildman–Crippen MR) is 126 cm³/mol. The number of nitrogens with one attached hydrogen (secondary N) is 2. The van der Waals surface area contributed by atoms with Crippen LogP contribution in [0.3, 0.4) is 0 Å². The Morgan fingerprint density at radius 1 is 1.20 bits per heavy atom. The minimum absolute atomic E-state index is 0.0783. The number of pyridine rings is 1. The maximum atomic E-state index is 12.6. The lowest BCUT2D eigenvalue weighted by Gasteiger charge is -2.26. The second kappa shape index (κ2) is 12.5. The van der Waals surface area contributed by atoms with Gasteiger partial charge in [-0.1, -0.05) is 13.8 Å². The zero-order valence-electron chi connectivity index (χ0n) is 18.2. The average Bonchev–Trinajstić information content (AvgIpc) is 2.76. The van der Waals surface area contributed by atoms with Crippen LogP contribution in [-0.2, 0) is 6.54 Å². The van der Waals surface area contributed by atoms with Crippen LogP contribution in [0.2, 0.25) is 0 Å². The summed E-state index contributed by atoms with van der Waals surface area (Å²) in [6.07, 6.45) is 1.58. The van der Waals surface area contributed by atoms with E-state index in [0.717, 1.165) is 43.5 Å². The van der Waals surface area contributed by atoms with Gasteiger partial charge in [-0.05, 0) is 68.3 Å². The molecular weight excluding hydrogens is 400 g/mol. The van der Waals surface area contributed by atoms with E-state index >= 15 is 0 Å². The maximum absolute atomic E-state index is 12.6. The number of aromatic nitrogens is 1. The van der Waals surface area contributed by atoms with E-state index in [1.54, 1.807) is 7.11 Å². The third kappa shape index (κ3) is 6.97. The van der Waals surface area contributed by atoms with E-state index in [2.05, 4.69) is 29.0 Å². The molecule has 2 aromatic rings. The molecule has 8 heteroatoms. The average molecular weight is 435 g/mol. The molecule has 0 atom stereocenters. The van der Waals surface area contributed by atoms with E-state index in [-0.39, 0.29) is 12.2 Å². The highest BCUT2D eigenvalue weighted by Gasteiger charge is 2.13. The second-order valence-corrected chi connectivity index (χ2v) is 7.57. The van der Waals surface area contributed by atoms with Crippen molar-refractivity contribution < 1.29 is 9.84 Å². The van der Waals surface area contributed by atoms with Gasteiger partial charge in [0.15, 0.2) is 5.11 Å². The van der Waals surface area contributed by atoms with E-state index in [0.29, 0.717) is 35.9 Å². The van der Waals surface area contributed by atoms with Crippen molar-refractivity contribution in [3.63, 3.8) is 0 Å². The summed E-state index contributed by atoms with van der Waals surface area (Å²) in [5.74, 6) is 0.700. The summed E-state index contributed by atoms with van der Waals surface area (Å²) >= 11 is 5.59. The summed E-state index contributed by atoms with van der Waals surface area (Å²) in [7, 11) is 1.60. The molecular formula is C22H34N4O3S. The Labute approximate surface area is 184 Å². The van der Waals surface area contributed by atoms with Crippen LogP contribution in [0.15, 0.2) is 29.1 Å². The number of hydrogen-bond donors (Lipinski definition) is 3. The van der Waals surface area contributed by atoms with Gasteiger partial charge >= 0.3 is 0 Å². The Hall–Kier alpha value is -2.16. The first-order valence-electron chi connectivity index (χ1n) is 10.6. The topological polar surface area (TPSA) is 80.8 Å². The van der Waals surface area contributed by atoms with Crippen molar-refractivity contribution >= 4 is 28.2 Å². The Balaban J connectivity index is 2.06. The van der Waals surface area contributed by atoms with Crippen molar-refractivity contribution in [2.45, 2.75) is 33.2 Å². The van der Waals surface area contributed by atoms with Gasteiger partial charge in [0.1, 0.15) is 5.75 Å². The van der Waals surface area contributed by atoms with Gasteiger partial charge in [-0.15, -0.1) is 0 Å². The quantitative estimate of drug-likeness (QED) is 0.349. The van der Waals surface area contributed by atoms with Gasteiger partial charge in [-0.25, -0.2) is 0 Å². The molecule has 1 heterocycles. The Morgan fingerprint density at radius 3 is 2.63 bits per heavy atom. The van der Waals surface area contributed by atoms with Crippen molar-refractivity contribution in [1.82, 2.24) is 20.1 Å². The largest absolute Gasteiger partial charge is 0.497 e. The lowest BCUT2D eigenvalue weighted by Crippen LogP contribution is -2.42. The van der Waals surface area contributed by atoms with Crippen molar-refractivity contribution in [2.24, 2.45) is 0 Å². The standard InChI is InChI=1S/C22H34N4O3S/c1-4-25(5-2)11-6-10-23-22(30)26(12-7-13-27)16-18-14-17-8-9-19(29-3)15-20(17)24-21(18)28/h8-9,14-15,27H,4-7,10-13,16H2,1-3H3,(H,23,30)(H,24,28). The number of methoxy groups -OCH3 is 1. The van der Waals surface area contributed by atoms with Gasteiger partial charge in [0, 0.05) is 31.3 Å². The van der Waals surface area contributed by atoms with Crippen LogP contribution in [0.4, 0.5) is 0 Å². The smallest absolute Gasteiger partial charge is 0.253 e. The molecule has 3 N–H and O–H groups in total. The first kappa shape index (κ1) is 24.1. The SMILES string of the molecule is CCN(CC)CCCNC(=S)N(CCCO)Cc1cc2ccc(OC)cc2[nH]c1=O. The number of aromatic amines is 1. The van der Waals surface area contributed by atoms with Crippen molar-refractivity contribution in [2.75, 3.05) is 46.4 Å². The molecule has 0 saturated heterocycles. The molecule has 0 aliphatic carbocycles. The highest BCUT2D eigenvalue weighted by Crippen LogP contribution is 2.19. The molecule has 0 fully saturated rings. The van der Waals surface area contributed by atoms with Crippen molar-refractivity contribution in [3.05, 3.63) is 40.2 Å². The van der Waals surface area contributed by atoms with E-state index < -0.39 is 0 Å². The summed E-state index contributed by atoms with van der Waals surface area (Å²) in [6.45, 7) is 9.25. The number of aliphatic hydroxyl groups is 1. The van der Waals surface area contributed by atoms with Crippen LogP contribution in [0.5, 0.6) is 5.75 Å². The van der Waals surface area contributed by atoms with E-state index in [1.807, 2.05) is 29.2 Å². The Bertz CT molecular complexity index is 867. The van der Waals surface area contributed by atoms with E-state index in [1.165, 1.54) is 0 Å². The monoisotopic (exact) mass is 434 g/mol. The summed E-state index contributed by atoms with van der Waals surface area (Å²) < 4.78 is 5.23. The third-order valence-electron chi connectivity index (χ3n) is 5.19. The predicted octanol–water partition coefficient (Wildman–Crippen LogP) is 2.33. The fraction of sp³-hybridized carbons (Fsp3) is 0.545. The van der Waals surface area contributed by atoms with Crippen LogP contribution in [0, 0.1) is 0 Å². The highest BCUT2D eigenvalue weighted by molar-refractivity contribution is 7.80. The lowest BCUT2D eigenvalue weighted by atomic mass is 10.1. The fourth-order valence-corrected chi connectivity index (χ4v) is 3.60. The molecule has 0 saturated carbocycles. The summed E-state index contributed by atoms with van der Waals surface area (Å²) in [4.78, 5) is 19.9. The molecule has 0 aliphatic heterocycles. The highest BCUT2D eigenvalue weighted by atomic mass is 32.1. The number of fused-ring (bicyclic) bond motifs is 1.